The topological polar surface area (TPSA) is 127 Å². The van der Waals surface area contributed by atoms with E-state index in [1.165, 1.54) is 0 Å². The average Bonchev–Trinajstić information content (AvgIpc) is 2.60. The van der Waals surface area contributed by atoms with E-state index in [1.54, 1.807) is 27.7 Å². The highest BCUT2D eigenvalue weighted by atomic mass is 16.6. The van der Waals surface area contributed by atoms with Crippen molar-refractivity contribution >= 4 is 5.78 Å². The van der Waals surface area contributed by atoms with Crippen molar-refractivity contribution in [1.29, 1.82) is 0 Å². The Hall–Kier alpha value is -0.830. The first kappa shape index (κ1) is 20.4. The lowest BCUT2D eigenvalue weighted by Gasteiger charge is -2.67. The Morgan fingerprint density at radius 1 is 1.11 bits per heavy atom. The smallest absolute Gasteiger partial charge is 0.172 e. The Kier molecular flexibility index (Phi) is 4.13. The first-order valence-corrected chi connectivity index (χ1v) is 10.1. The summed E-state index contributed by atoms with van der Waals surface area (Å²) in [4.78, 5) is 13.7. The quantitative estimate of drug-likeness (QED) is 0.363. The molecule has 2 bridgehead atoms. The second-order valence-corrected chi connectivity index (χ2v) is 10.3. The number of carbonyl (C=O) groups excluding carboxylic acids is 1. The number of fused-ring (bicyclic) bond motifs is 5. The molecule has 0 unspecified atom stereocenters. The summed E-state index contributed by atoms with van der Waals surface area (Å²) in [6.45, 7) is 8.49. The van der Waals surface area contributed by atoms with Crippen LogP contribution < -0.4 is 0 Å². The Morgan fingerprint density at radius 3 is 2.25 bits per heavy atom. The van der Waals surface area contributed by atoms with Gasteiger partial charge in [-0.3, -0.25) is 4.79 Å². The van der Waals surface area contributed by atoms with E-state index in [0.29, 0.717) is 12.0 Å². The molecular weight excluding hydrogens is 364 g/mol. The first-order valence-electron chi connectivity index (χ1n) is 10.1. The van der Waals surface area contributed by atoms with Crippen molar-refractivity contribution in [3.05, 3.63) is 11.1 Å². The third-order valence-electron chi connectivity index (χ3n) is 8.89. The molecule has 0 spiro atoms. The van der Waals surface area contributed by atoms with Crippen LogP contribution in [0.1, 0.15) is 47.5 Å². The third-order valence-corrected chi connectivity index (χ3v) is 8.89. The van der Waals surface area contributed by atoms with Crippen LogP contribution in [0.5, 0.6) is 0 Å². The maximum absolute atomic E-state index is 13.7. The number of aliphatic hydroxyl groups excluding tert-OH is 3. The zero-order valence-corrected chi connectivity index (χ0v) is 17.1. The SMILES string of the molecule is CC1=C2[C@@H](O)C(=O)[C@@]3(C)[C@H]([C@H](O)[C@](O)(C[C@@H]1O)C2(C)C)[C@]1(O)CO[C@@H]1C[C@@H]3C. The number of aliphatic hydroxyl groups is 5. The van der Waals surface area contributed by atoms with Gasteiger partial charge in [0.2, 0.25) is 0 Å². The van der Waals surface area contributed by atoms with Crippen molar-refractivity contribution in [2.24, 2.45) is 22.7 Å². The predicted molar refractivity (Wildman–Crippen MR) is 99.1 cm³/mol. The standard InChI is InChI=1S/C21H32O7/c1-9-6-12-20(26,8-28-12)15-17(25)21(27)7-11(22)10(2)13(18(21,3)4)14(23)16(24)19(9,15)5/h9,11-12,14-15,17,22-23,25-27H,6-8H2,1-5H3/t9-,11-,12+,14+,15-,17-,19+,20-,21+/m0/s1. The van der Waals surface area contributed by atoms with Crippen LogP contribution in [0.25, 0.3) is 0 Å². The number of hydrogen-bond acceptors (Lipinski definition) is 7. The fraction of sp³-hybridized carbons (Fsp3) is 0.857. The summed E-state index contributed by atoms with van der Waals surface area (Å²) in [5.74, 6) is -1.79. The van der Waals surface area contributed by atoms with E-state index in [9.17, 15) is 30.3 Å². The fourth-order valence-electron chi connectivity index (χ4n) is 6.68. The van der Waals surface area contributed by atoms with Crippen LogP contribution in [0.15, 0.2) is 11.1 Å². The van der Waals surface area contributed by atoms with Gasteiger partial charge in [0.25, 0.3) is 0 Å². The number of ether oxygens (including phenoxy) is 1. The van der Waals surface area contributed by atoms with Gasteiger partial charge in [0.15, 0.2) is 5.78 Å². The van der Waals surface area contributed by atoms with Gasteiger partial charge in [0.1, 0.15) is 17.3 Å². The molecule has 4 rings (SSSR count). The van der Waals surface area contributed by atoms with Gasteiger partial charge < -0.3 is 30.3 Å². The second-order valence-electron chi connectivity index (χ2n) is 10.3. The molecule has 3 aliphatic carbocycles. The van der Waals surface area contributed by atoms with E-state index < -0.39 is 58.1 Å². The lowest BCUT2D eigenvalue weighted by molar-refractivity contribution is -0.338. The molecule has 28 heavy (non-hydrogen) atoms. The molecule has 5 N–H and O–H groups in total. The number of ketones is 1. The minimum Gasteiger partial charge on any atom is -0.390 e. The summed E-state index contributed by atoms with van der Waals surface area (Å²) in [7, 11) is 0. The van der Waals surface area contributed by atoms with E-state index in [4.69, 9.17) is 4.74 Å². The first-order chi connectivity index (χ1) is 12.7. The Morgan fingerprint density at radius 2 is 1.71 bits per heavy atom. The molecule has 2 saturated carbocycles. The maximum atomic E-state index is 13.7. The summed E-state index contributed by atoms with van der Waals surface area (Å²) >= 11 is 0. The number of hydrogen-bond donors (Lipinski definition) is 5. The molecule has 0 aromatic heterocycles. The highest BCUT2D eigenvalue weighted by Crippen LogP contribution is 2.63. The van der Waals surface area contributed by atoms with Gasteiger partial charge in [-0.15, -0.1) is 0 Å². The molecule has 0 aromatic carbocycles. The van der Waals surface area contributed by atoms with Crippen molar-refractivity contribution in [2.75, 3.05) is 6.61 Å². The van der Waals surface area contributed by atoms with Crippen LogP contribution in [0.4, 0.5) is 0 Å². The Labute approximate surface area is 165 Å². The van der Waals surface area contributed by atoms with E-state index in [2.05, 4.69) is 0 Å². The predicted octanol–water partition coefficient (Wildman–Crippen LogP) is -0.0785. The fourth-order valence-corrected chi connectivity index (χ4v) is 6.68. The minimum absolute atomic E-state index is 0.0358. The molecule has 4 aliphatic rings. The molecule has 7 nitrogen and oxygen atoms in total. The van der Waals surface area contributed by atoms with Gasteiger partial charge in [-0.05, 0) is 30.4 Å². The summed E-state index contributed by atoms with van der Waals surface area (Å²) in [6, 6.07) is 0. The normalized spacial score (nSPS) is 55.6. The lowest BCUT2D eigenvalue weighted by Crippen LogP contribution is -2.79. The van der Waals surface area contributed by atoms with Gasteiger partial charge in [-0.2, -0.15) is 0 Å². The van der Waals surface area contributed by atoms with E-state index in [1.807, 2.05) is 6.92 Å². The minimum atomic E-state index is -1.83. The molecule has 7 heteroatoms. The summed E-state index contributed by atoms with van der Waals surface area (Å²) < 4.78 is 5.54. The average molecular weight is 396 g/mol. The van der Waals surface area contributed by atoms with Crippen molar-refractivity contribution in [2.45, 2.75) is 83.1 Å². The Balaban J connectivity index is 2.01. The second kappa shape index (κ2) is 5.65. The molecule has 158 valence electrons. The zero-order chi connectivity index (χ0) is 21.0. The number of rotatable bonds is 0. The van der Waals surface area contributed by atoms with Gasteiger partial charge in [0, 0.05) is 23.2 Å². The zero-order valence-electron chi connectivity index (χ0n) is 17.1. The monoisotopic (exact) mass is 396 g/mol. The molecule has 1 heterocycles. The molecular formula is C21H32O7. The van der Waals surface area contributed by atoms with Crippen LogP contribution in [0, 0.1) is 22.7 Å². The maximum Gasteiger partial charge on any atom is 0.172 e. The van der Waals surface area contributed by atoms with E-state index >= 15 is 0 Å². The van der Waals surface area contributed by atoms with Crippen LogP contribution in [-0.2, 0) is 9.53 Å². The highest BCUT2D eigenvalue weighted by Gasteiger charge is 2.74. The lowest BCUT2D eigenvalue weighted by atomic mass is 9.43. The van der Waals surface area contributed by atoms with Crippen molar-refractivity contribution in [1.82, 2.24) is 0 Å². The molecule has 0 radical (unpaired) electrons. The molecule has 0 amide bonds. The highest BCUT2D eigenvalue weighted by molar-refractivity contribution is 5.93. The van der Waals surface area contributed by atoms with Crippen LogP contribution >= 0.6 is 0 Å². The molecule has 1 aliphatic heterocycles. The van der Waals surface area contributed by atoms with Crippen molar-refractivity contribution in [3.63, 3.8) is 0 Å². The van der Waals surface area contributed by atoms with E-state index in [-0.39, 0.29) is 24.5 Å². The van der Waals surface area contributed by atoms with E-state index in [0.717, 1.165) is 0 Å². The van der Waals surface area contributed by atoms with Crippen molar-refractivity contribution < 1.29 is 35.1 Å². The summed E-state index contributed by atoms with van der Waals surface area (Å²) in [6.07, 6.45) is -4.35. The summed E-state index contributed by atoms with van der Waals surface area (Å²) in [5, 5.41) is 56.5. The van der Waals surface area contributed by atoms with Gasteiger partial charge in [0.05, 0.1) is 24.9 Å². The van der Waals surface area contributed by atoms with Crippen LogP contribution in [0.2, 0.25) is 0 Å². The Bertz CT molecular complexity index is 760. The van der Waals surface area contributed by atoms with Crippen LogP contribution in [-0.4, -0.2) is 73.5 Å². The largest absolute Gasteiger partial charge is 0.390 e. The van der Waals surface area contributed by atoms with Gasteiger partial charge in [-0.25, -0.2) is 0 Å². The van der Waals surface area contributed by atoms with Crippen LogP contribution in [0.3, 0.4) is 0 Å². The van der Waals surface area contributed by atoms with Gasteiger partial charge >= 0.3 is 0 Å². The molecule has 3 fully saturated rings. The number of carbonyl (C=O) groups is 1. The summed E-state index contributed by atoms with van der Waals surface area (Å²) in [5.41, 5.74) is -5.02. The van der Waals surface area contributed by atoms with Crippen molar-refractivity contribution in [3.8, 4) is 0 Å². The third kappa shape index (κ3) is 2.03. The number of Topliss-reactive ketones (excluding diaryl/α,β-unsaturated/α-hetero) is 1. The molecule has 0 aromatic rings. The molecule has 1 saturated heterocycles. The molecule has 9 atom stereocenters. The van der Waals surface area contributed by atoms with Gasteiger partial charge in [-0.1, -0.05) is 27.7 Å².